The fourth-order valence-corrected chi connectivity index (χ4v) is 1.83. The first kappa shape index (κ1) is 9.83. The molecule has 1 fully saturated rings. The van der Waals surface area contributed by atoms with Gasteiger partial charge in [-0.2, -0.15) is 0 Å². The Morgan fingerprint density at radius 1 is 1.47 bits per heavy atom. The van der Waals surface area contributed by atoms with Gasteiger partial charge in [0.15, 0.2) is 0 Å². The highest BCUT2D eigenvalue weighted by molar-refractivity contribution is 5.66. The second-order valence-corrected chi connectivity index (χ2v) is 3.86. The molecule has 1 amide bonds. The van der Waals surface area contributed by atoms with Crippen LogP contribution in [0.4, 0.5) is 10.5 Å². The molecule has 2 rings (SSSR count). The van der Waals surface area contributed by atoms with E-state index < -0.39 is 6.09 Å². The number of rotatable bonds is 2. The molecule has 1 atom stereocenters. The zero-order valence-corrected chi connectivity index (χ0v) is 8.39. The molecule has 0 bridgehead atoms. The van der Waals surface area contributed by atoms with Crippen molar-refractivity contribution in [2.24, 2.45) is 0 Å². The summed E-state index contributed by atoms with van der Waals surface area (Å²) in [6.45, 7) is 0.662. The average molecular weight is 206 g/mol. The second-order valence-electron chi connectivity index (χ2n) is 3.86. The van der Waals surface area contributed by atoms with Gasteiger partial charge in [0.05, 0.1) is 0 Å². The Hall–Kier alpha value is -1.71. The molecular weight excluding hydrogens is 192 g/mol. The van der Waals surface area contributed by atoms with E-state index in [4.69, 9.17) is 10.8 Å². The molecule has 4 heteroatoms. The summed E-state index contributed by atoms with van der Waals surface area (Å²) in [5, 5.41) is 8.83. The van der Waals surface area contributed by atoms with Gasteiger partial charge in [0.2, 0.25) is 0 Å². The molecular formula is C11H14N2O2. The zero-order valence-electron chi connectivity index (χ0n) is 8.39. The number of hydrogen-bond acceptors (Lipinski definition) is 2. The number of nitrogen functional groups attached to an aromatic ring is 1. The maximum absolute atomic E-state index is 10.7. The van der Waals surface area contributed by atoms with Crippen molar-refractivity contribution in [2.45, 2.75) is 18.9 Å². The van der Waals surface area contributed by atoms with Crippen molar-refractivity contribution in [3.05, 3.63) is 29.8 Å². The summed E-state index contributed by atoms with van der Waals surface area (Å²) >= 11 is 0. The van der Waals surface area contributed by atoms with Gasteiger partial charge in [-0.3, -0.25) is 0 Å². The number of hydrogen-bond donors (Lipinski definition) is 2. The average Bonchev–Trinajstić information content (AvgIpc) is 2.14. The van der Waals surface area contributed by atoms with Crippen LogP contribution in [0.1, 0.15) is 12.0 Å². The van der Waals surface area contributed by atoms with E-state index in [9.17, 15) is 4.79 Å². The van der Waals surface area contributed by atoms with Crippen molar-refractivity contribution in [3.63, 3.8) is 0 Å². The highest BCUT2D eigenvalue weighted by Crippen LogP contribution is 2.21. The lowest BCUT2D eigenvalue weighted by Gasteiger charge is -2.38. The van der Waals surface area contributed by atoms with Crippen LogP contribution in [0, 0.1) is 0 Å². The molecule has 0 aliphatic carbocycles. The molecule has 1 heterocycles. The Kier molecular flexibility index (Phi) is 2.49. The zero-order chi connectivity index (χ0) is 10.8. The van der Waals surface area contributed by atoms with E-state index in [0.29, 0.717) is 6.54 Å². The smallest absolute Gasteiger partial charge is 0.407 e. The molecule has 3 N–H and O–H groups in total. The van der Waals surface area contributed by atoms with E-state index in [1.54, 1.807) is 0 Å². The van der Waals surface area contributed by atoms with Crippen LogP contribution in [0.5, 0.6) is 0 Å². The maximum atomic E-state index is 10.7. The van der Waals surface area contributed by atoms with E-state index in [1.807, 2.05) is 24.3 Å². The molecule has 80 valence electrons. The summed E-state index contributed by atoms with van der Waals surface area (Å²) in [6.07, 6.45) is 0.921. The number of nitrogens with zero attached hydrogens (tertiary/aromatic N) is 1. The quantitative estimate of drug-likeness (QED) is 0.722. The van der Waals surface area contributed by atoms with Gasteiger partial charge in [-0.15, -0.1) is 0 Å². The van der Waals surface area contributed by atoms with Crippen molar-refractivity contribution in [1.29, 1.82) is 0 Å². The standard InChI is InChI=1S/C11H14N2O2/c12-9-3-1-8(2-4-9)7-10-5-6-13(10)11(14)15/h1-4,10H,5-7,12H2,(H,14,15)/t10-/m0/s1. The number of anilines is 1. The van der Waals surface area contributed by atoms with Gasteiger partial charge in [0, 0.05) is 18.3 Å². The molecule has 15 heavy (non-hydrogen) atoms. The molecule has 0 radical (unpaired) electrons. The van der Waals surface area contributed by atoms with Crippen LogP contribution >= 0.6 is 0 Å². The summed E-state index contributed by atoms with van der Waals surface area (Å²) in [4.78, 5) is 12.2. The molecule has 4 nitrogen and oxygen atoms in total. The number of amides is 1. The molecule has 1 saturated heterocycles. The van der Waals surface area contributed by atoms with Gasteiger partial charge in [-0.05, 0) is 30.5 Å². The fraction of sp³-hybridized carbons (Fsp3) is 0.364. The monoisotopic (exact) mass is 206 g/mol. The van der Waals surface area contributed by atoms with Gasteiger partial charge in [0.1, 0.15) is 0 Å². The number of carbonyl (C=O) groups is 1. The third-order valence-electron chi connectivity index (χ3n) is 2.84. The van der Waals surface area contributed by atoms with Gasteiger partial charge < -0.3 is 15.7 Å². The highest BCUT2D eigenvalue weighted by atomic mass is 16.4. The topological polar surface area (TPSA) is 66.6 Å². The van der Waals surface area contributed by atoms with Crippen LogP contribution in [-0.2, 0) is 6.42 Å². The van der Waals surface area contributed by atoms with Gasteiger partial charge in [-0.25, -0.2) is 4.79 Å². The van der Waals surface area contributed by atoms with E-state index in [0.717, 1.165) is 24.1 Å². The minimum Gasteiger partial charge on any atom is -0.465 e. The third kappa shape index (κ3) is 2.03. The van der Waals surface area contributed by atoms with Gasteiger partial charge >= 0.3 is 6.09 Å². The maximum Gasteiger partial charge on any atom is 0.407 e. The number of carboxylic acid groups (broad SMARTS) is 1. The number of benzene rings is 1. The van der Waals surface area contributed by atoms with E-state index in [1.165, 1.54) is 4.90 Å². The van der Waals surface area contributed by atoms with E-state index in [-0.39, 0.29) is 6.04 Å². The Labute approximate surface area is 88.3 Å². The lowest BCUT2D eigenvalue weighted by Crippen LogP contribution is -2.51. The second kappa shape index (κ2) is 3.81. The molecule has 1 aliphatic rings. The van der Waals surface area contributed by atoms with Crippen LogP contribution in [0.2, 0.25) is 0 Å². The van der Waals surface area contributed by atoms with Crippen LogP contribution in [0.15, 0.2) is 24.3 Å². The number of likely N-dealkylation sites (tertiary alicyclic amines) is 1. The van der Waals surface area contributed by atoms with E-state index >= 15 is 0 Å². The van der Waals surface area contributed by atoms with Crippen molar-refractivity contribution < 1.29 is 9.90 Å². The highest BCUT2D eigenvalue weighted by Gasteiger charge is 2.31. The first-order valence-electron chi connectivity index (χ1n) is 5.01. The van der Waals surface area contributed by atoms with Crippen molar-refractivity contribution in [1.82, 2.24) is 4.90 Å². The van der Waals surface area contributed by atoms with Crippen LogP contribution in [-0.4, -0.2) is 28.7 Å². The summed E-state index contributed by atoms with van der Waals surface area (Å²) in [7, 11) is 0. The number of nitrogens with two attached hydrogens (primary N) is 1. The van der Waals surface area contributed by atoms with Crippen LogP contribution in [0.25, 0.3) is 0 Å². The van der Waals surface area contributed by atoms with Crippen LogP contribution in [0.3, 0.4) is 0 Å². The fourth-order valence-electron chi connectivity index (χ4n) is 1.83. The molecule has 1 aliphatic heterocycles. The summed E-state index contributed by atoms with van der Waals surface area (Å²) in [6, 6.07) is 7.74. The molecule has 0 saturated carbocycles. The van der Waals surface area contributed by atoms with Crippen LogP contribution < -0.4 is 5.73 Å². The van der Waals surface area contributed by atoms with Crippen molar-refractivity contribution in [3.8, 4) is 0 Å². The third-order valence-corrected chi connectivity index (χ3v) is 2.84. The Morgan fingerprint density at radius 2 is 2.13 bits per heavy atom. The largest absolute Gasteiger partial charge is 0.465 e. The summed E-state index contributed by atoms with van der Waals surface area (Å²) in [5.74, 6) is 0. The van der Waals surface area contributed by atoms with Crippen molar-refractivity contribution >= 4 is 11.8 Å². The molecule has 1 aromatic rings. The molecule has 1 aromatic carbocycles. The van der Waals surface area contributed by atoms with E-state index in [2.05, 4.69) is 0 Å². The summed E-state index contributed by atoms with van der Waals surface area (Å²) < 4.78 is 0. The molecule has 0 unspecified atom stereocenters. The minimum atomic E-state index is -0.818. The van der Waals surface area contributed by atoms with Gasteiger partial charge in [0.25, 0.3) is 0 Å². The SMILES string of the molecule is Nc1ccc(C[C@@H]2CCN2C(=O)O)cc1. The lowest BCUT2D eigenvalue weighted by atomic mass is 9.96. The first-order valence-corrected chi connectivity index (χ1v) is 5.01. The summed E-state index contributed by atoms with van der Waals surface area (Å²) in [5.41, 5.74) is 7.45. The molecule has 0 spiro atoms. The van der Waals surface area contributed by atoms with Crippen molar-refractivity contribution in [2.75, 3.05) is 12.3 Å². The Balaban J connectivity index is 1.97. The Bertz CT molecular complexity index is 361. The molecule has 0 aromatic heterocycles. The minimum absolute atomic E-state index is 0.145. The predicted molar refractivity (Wildman–Crippen MR) is 57.7 cm³/mol. The first-order chi connectivity index (χ1) is 7.16. The predicted octanol–water partition coefficient (Wildman–Crippen LogP) is 1.56. The lowest BCUT2D eigenvalue weighted by molar-refractivity contribution is 0.0757. The normalized spacial score (nSPS) is 19.7. The Morgan fingerprint density at radius 3 is 2.60 bits per heavy atom. The van der Waals surface area contributed by atoms with Gasteiger partial charge in [-0.1, -0.05) is 12.1 Å².